The number of halogens is 1. The van der Waals surface area contributed by atoms with Crippen molar-refractivity contribution in [1.29, 1.82) is 0 Å². The van der Waals surface area contributed by atoms with Gasteiger partial charge in [0.1, 0.15) is 0 Å². The molecule has 120 valence electrons. The number of nitrogens with zero attached hydrogens (tertiary/aromatic N) is 2. The maximum atomic E-state index is 6.75. The van der Waals surface area contributed by atoms with E-state index in [0.717, 1.165) is 0 Å². The van der Waals surface area contributed by atoms with Gasteiger partial charge in [-0.3, -0.25) is 4.68 Å². The Bertz CT molecular complexity index is 493. The van der Waals surface area contributed by atoms with Gasteiger partial charge < -0.3 is 4.43 Å². The van der Waals surface area contributed by atoms with Gasteiger partial charge in [0.2, 0.25) is 0 Å². The summed E-state index contributed by atoms with van der Waals surface area (Å²) in [6, 6.07) is 0.413. The van der Waals surface area contributed by atoms with Crippen molar-refractivity contribution in [2.75, 3.05) is 0 Å². The number of aromatic nitrogens is 2. The van der Waals surface area contributed by atoms with Crippen LogP contribution >= 0.6 is 22.6 Å². The molecule has 0 saturated heterocycles. The molecule has 2 rings (SSSR count). The minimum Gasteiger partial charge on any atom is -0.412 e. The van der Waals surface area contributed by atoms with Gasteiger partial charge in [0.15, 0.2) is 8.32 Å². The number of hydrogen-bond acceptors (Lipinski definition) is 2. The Labute approximate surface area is 144 Å². The van der Waals surface area contributed by atoms with Gasteiger partial charge >= 0.3 is 0 Å². The molecule has 0 radical (unpaired) electrons. The van der Waals surface area contributed by atoms with Crippen LogP contribution in [0, 0.1) is 10.5 Å². The van der Waals surface area contributed by atoms with Gasteiger partial charge in [0.25, 0.3) is 0 Å². The van der Waals surface area contributed by atoms with Crippen LogP contribution in [0.5, 0.6) is 0 Å². The largest absolute Gasteiger partial charge is 0.412 e. The Kier molecular flexibility index (Phi) is 5.25. The van der Waals surface area contributed by atoms with Crippen molar-refractivity contribution in [3.05, 3.63) is 15.5 Å². The van der Waals surface area contributed by atoms with Crippen LogP contribution in [0.25, 0.3) is 0 Å². The first-order valence-electron chi connectivity index (χ1n) is 8.01. The molecule has 1 aromatic rings. The third-order valence-corrected chi connectivity index (χ3v) is 10.8. The molecule has 1 aliphatic rings. The lowest BCUT2D eigenvalue weighted by Crippen LogP contribution is -2.47. The van der Waals surface area contributed by atoms with Gasteiger partial charge in [-0.2, -0.15) is 5.10 Å². The fourth-order valence-electron chi connectivity index (χ4n) is 2.79. The lowest BCUT2D eigenvalue weighted by Gasteiger charge is -2.43. The Morgan fingerprint density at radius 3 is 2.43 bits per heavy atom. The number of rotatable bonds is 3. The minimum absolute atomic E-state index is 0.266. The quantitative estimate of drug-likeness (QED) is 0.490. The van der Waals surface area contributed by atoms with E-state index in [2.05, 4.69) is 73.2 Å². The summed E-state index contributed by atoms with van der Waals surface area (Å²) in [6.45, 7) is 13.8. The van der Waals surface area contributed by atoms with Crippen molar-refractivity contribution in [2.24, 2.45) is 0 Å². The second-order valence-electron chi connectivity index (χ2n) is 7.79. The van der Waals surface area contributed by atoms with Crippen LogP contribution in [-0.4, -0.2) is 24.2 Å². The van der Waals surface area contributed by atoms with Crippen LogP contribution < -0.4 is 0 Å². The van der Waals surface area contributed by atoms with Gasteiger partial charge in [-0.15, -0.1) is 0 Å². The third-order valence-electron chi connectivity index (χ3n) is 5.22. The van der Waals surface area contributed by atoms with Crippen LogP contribution in [0.2, 0.25) is 18.1 Å². The summed E-state index contributed by atoms with van der Waals surface area (Å²) in [4.78, 5) is 0. The zero-order valence-electron chi connectivity index (χ0n) is 14.2. The standard InChI is InChI=1S/C16H29IN2OSi/c1-12-13(17)11-18-19(12)14-9-7-8-10-15(14)20-21(5,6)16(2,3)4/h11,14-15H,7-10H2,1-6H3. The molecular weight excluding hydrogens is 391 g/mol. The third kappa shape index (κ3) is 3.72. The second-order valence-corrected chi connectivity index (χ2v) is 13.7. The highest BCUT2D eigenvalue weighted by molar-refractivity contribution is 14.1. The molecule has 1 aromatic heterocycles. The predicted octanol–water partition coefficient (Wildman–Crippen LogP) is 5.30. The van der Waals surface area contributed by atoms with Gasteiger partial charge in [-0.05, 0) is 60.5 Å². The van der Waals surface area contributed by atoms with Crippen LogP contribution in [0.4, 0.5) is 0 Å². The number of hydrogen-bond donors (Lipinski definition) is 0. The van der Waals surface area contributed by atoms with E-state index in [9.17, 15) is 0 Å². The minimum atomic E-state index is -1.72. The first-order valence-corrected chi connectivity index (χ1v) is 12.0. The molecule has 3 nitrogen and oxygen atoms in total. The molecule has 1 saturated carbocycles. The maximum absolute atomic E-state index is 6.75. The van der Waals surface area contributed by atoms with Crippen LogP contribution in [0.3, 0.4) is 0 Å². The zero-order valence-corrected chi connectivity index (χ0v) is 17.4. The SMILES string of the molecule is Cc1c(I)cnn1C1CCCCC1O[Si](C)(C)C(C)(C)C. The van der Waals surface area contributed by atoms with Crippen molar-refractivity contribution in [3.8, 4) is 0 Å². The molecule has 1 fully saturated rings. The molecule has 0 amide bonds. The Balaban J connectivity index is 2.22. The van der Waals surface area contributed by atoms with E-state index in [1.807, 2.05) is 6.20 Å². The Morgan fingerprint density at radius 1 is 1.29 bits per heavy atom. The zero-order chi connectivity index (χ0) is 15.8. The van der Waals surface area contributed by atoms with E-state index in [1.54, 1.807) is 0 Å². The van der Waals surface area contributed by atoms with E-state index >= 15 is 0 Å². The van der Waals surface area contributed by atoms with E-state index in [4.69, 9.17) is 4.43 Å². The van der Waals surface area contributed by atoms with Crippen molar-refractivity contribution in [3.63, 3.8) is 0 Å². The van der Waals surface area contributed by atoms with Crippen LogP contribution in [-0.2, 0) is 4.43 Å². The van der Waals surface area contributed by atoms with Gasteiger partial charge in [0, 0.05) is 5.69 Å². The molecule has 1 heterocycles. The Hall–Kier alpha value is 0.117. The molecule has 0 aliphatic heterocycles. The second kappa shape index (κ2) is 6.32. The fourth-order valence-corrected chi connectivity index (χ4v) is 4.54. The molecule has 5 heteroatoms. The normalized spacial score (nSPS) is 24.3. The van der Waals surface area contributed by atoms with Gasteiger partial charge in [-0.25, -0.2) is 0 Å². The Morgan fingerprint density at radius 2 is 1.90 bits per heavy atom. The summed E-state index contributed by atoms with van der Waals surface area (Å²) in [5.41, 5.74) is 1.28. The summed E-state index contributed by atoms with van der Waals surface area (Å²) in [5.74, 6) is 0. The average molecular weight is 420 g/mol. The van der Waals surface area contributed by atoms with E-state index in [-0.39, 0.29) is 5.04 Å². The lowest BCUT2D eigenvalue weighted by atomic mass is 9.92. The molecule has 1 aliphatic carbocycles. The predicted molar refractivity (Wildman–Crippen MR) is 99.3 cm³/mol. The first kappa shape index (κ1) is 17.5. The van der Waals surface area contributed by atoms with Gasteiger partial charge in [0.05, 0.1) is 21.9 Å². The molecule has 2 unspecified atom stereocenters. The lowest BCUT2D eigenvalue weighted by molar-refractivity contribution is 0.0772. The highest BCUT2D eigenvalue weighted by Gasteiger charge is 2.42. The van der Waals surface area contributed by atoms with E-state index in [1.165, 1.54) is 34.9 Å². The van der Waals surface area contributed by atoms with Crippen LogP contribution in [0.1, 0.15) is 58.2 Å². The summed E-state index contributed by atoms with van der Waals surface area (Å²) < 4.78 is 10.2. The van der Waals surface area contributed by atoms with E-state index < -0.39 is 8.32 Å². The fraction of sp³-hybridized carbons (Fsp3) is 0.812. The molecule has 0 N–H and O–H groups in total. The molecule has 2 atom stereocenters. The summed E-state index contributed by atoms with van der Waals surface area (Å²) in [5, 5.41) is 4.89. The van der Waals surface area contributed by atoms with Crippen molar-refractivity contribution in [2.45, 2.75) is 83.7 Å². The molecule has 0 aromatic carbocycles. The van der Waals surface area contributed by atoms with Crippen molar-refractivity contribution < 1.29 is 4.43 Å². The van der Waals surface area contributed by atoms with Gasteiger partial charge in [-0.1, -0.05) is 33.6 Å². The summed E-state index contributed by atoms with van der Waals surface area (Å²) in [6.07, 6.45) is 7.25. The van der Waals surface area contributed by atoms with E-state index in [0.29, 0.717) is 12.1 Å². The topological polar surface area (TPSA) is 27.1 Å². The first-order chi connectivity index (χ1) is 9.63. The highest BCUT2D eigenvalue weighted by Crippen LogP contribution is 2.41. The molecule has 0 bridgehead atoms. The van der Waals surface area contributed by atoms with Crippen LogP contribution in [0.15, 0.2) is 6.20 Å². The monoisotopic (exact) mass is 420 g/mol. The molecule has 0 spiro atoms. The van der Waals surface area contributed by atoms with Crippen molar-refractivity contribution >= 4 is 30.9 Å². The van der Waals surface area contributed by atoms with Crippen molar-refractivity contribution in [1.82, 2.24) is 9.78 Å². The highest BCUT2D eigenvalue weighted by atomic mass is 127. The summed E-state index contributed by atoms with van der Waals surface area (Å²) in [7, 11) is -1.72. The smallest absolute Gasteiger partial charge is 0.192 e. The maximum Gasteiger partial charge on any atom is 0.192 e. The summed E-state index contributed by atoms with van der Waals surface area (Å²) >= 11 is 2.37. The average Bonchev–Trinajstić information content (AvgIpc) is 2.69. The molecular formula is C16H29IN2OSi. The molecule has 21 heavy (non-hydrogen) atoms.